The largest absolute Gasteiger partial charge is 0.388 e. The highest BCUT2D eigenvalue weighted by Gasteiger charge is 2.39. The SMILES string of the molecule is Cc1ccc(C(=O)Nc2cc3c(=O)n(CC4(O)CCN(C(=O)C5CC5)CC4)cnn3c2)cc1C. The van der Waals surface area contributed by atoms with Gasteiger partial charge in [-0.1, -0.05) is 6.07 Å². The van der Waals surface area contributed by atoms with E-state index in [-0.39, 0.29) is 29.8 Å². The summed E-state index contributed by atoms with van der Waals surface area (Å²) in [7, 11) is 0. The van der Waals surface area contributed by atoms with Crippen molar-refractivity contribution in [2.75, 3.05) is 18.4 Å². The van der Waals surface area contributed by atoms with Crippen LogP contribution in [0.3, 0.4) is 0 Å². The Morgan fingerprint density at radius 1 is 1.15 bits per heavy atom. The van der Waals surface area contributed by atoms with Crippen LogP contribution in [0.1, 0.15) is 47.2 Å². The maximum Gasteiger partial charge on any atom is 0.277 e. The molecule has 1 saturated heterocycles. The van der Waals surface area contributed by atoms with Gasteiger partial charge in [-0.15, -0.1) is 0 Å². The number of aliphatic hydroxyl groups is 1. The maximum absolute atomic E-state index is 13.1. The highest BCUT2D eigenvalue weighted by atomic mass is 16.3. The van der Waals surface area contributed by atoms with Gasteiger partial charge in [0.25, 0.3) is 11.5 Å². The van der Waals surface area contributed by atoms with E-state index in [1.807, 2.05) is 30.9 Å². The third kappa shape index (κ3) is 4.35. The van der Waals surface area contributed by atoms with Crippen LogP contribution in [0, 0.1) is 19.8 Å². The monoisotopic (exact) mass is 463 g/mol. The van der Waals surface area contributed by atoms with E-state index in [0.717, 1.165) is 24.0 Å². The van der Waals surface area contributed by atoms with Gasteiger partial charge in [0.05, 0.1) is 24.0 Å². The van der Waals surface area contributed by atoms with Crippen molar-refractivity contribution in [2.45, 2.75) is 51.7 Å². The molecule has 1 saturated carbocycles. The van der Waals surface area contributed by atoms with Gasteiger partial charge in [-0.05, 0) is 68.9 Å². The first kappa shape index (κ1) is 22.3. The Kier molecular flexibility index (Phi) is 5.51. The molecule has 2 amide bonds. The molecule has 0 radical (unpaired) electrons. The van der Waals surface area contributed by atoms with Crippen LogP contribution >= 0.6 is 0 Å². The number of nitrogens with one attached hydrogen (secondary N) is 1. The summed E-state index contributed by atoms with van der Waals surface area (Å²) in [5.41, 5.74) is 2.08. The first-order valence-corrected chi connectivity index (χ1v) is 11.7. The average molecular weight is 464 g/mol. The van der Waals surface area contributed by atoms with Crippen LogP contribution in [0.5, 0.6) is 0 Å². The molecule has 3 heterocycles. The van der Waals surface area contributed by atoms with Crippen LogP contribution in [-0.2, 0) is 11.3 Å². The van der Waals surface area contributed by atoms with Crippen LogP contribution in [0.2, 0.25) is 0 Å². The third-order valence-electron chi connectivity index (χ3n) is 7.02. The molecule has 178 valence electrons. The molecular formula is C25H29N5O4. The number of anilines is 1. The second-order valence-electron chi connectivity index (χ2n) is 9.70. The van der Waals surface area contributed by atoms with Gasteiger partial charge in [-0.3, -0.25) is 19.0 Å². The van der Waals surface area contributed by atoms with Gasteiger partial charge in [-0.25, -0.2) is 4.52 Å². The lowest BCUT2D eigenvalue weighted by Gasteiger charge is -2.38. The average Bonchev–Trinajstić information content (AvgIpc) is 3.58. The Morgan fingerprint density at radius 2 is 1.88 bits per heavy atom. The minimum atomic E-state index is -1.07. The lowest BCUT2D eigenvalue weighted by atomic mass is 9.91. The van der Waals surface area contributed by atoms with Crippen LogP contribution in [0.25, 0.3) is 5.52 Å². The van der Waals surface area contributed by atoms with Crippen molar-refractivity contribution < 1.29 is 14.7 Å². The summed E-state index contributed by atoms with van der Waals surface area (Å²) < 4.78 is 2.83. The molecule has 34 heavy (non-hydrogen) atoms. The van der Waals surface area contributed by atoms with Crippen LogP contribution < -0.4 is 10.9 Å². The van der Waals surface area contributed by atoms with Gasteiger partial charge in [0.1, 0.15) is 11.8 Å². The highest BCUT2D eigenvalue weighted by Crippen LogP contribution is 2.33. The molecule has 1 aromatic carbocycles. The highest BCUT2D eigenvalue weighted by molar-refractivity contribution is 6.04. The Balaban J connectivity index is 1.30. The van der Waals surface area contributed by atoms with Crippen molar-refractivity contribution in [2.24, 2.45) is 5.92 Å². The third-order valence-corrected chi connectivity index (χ3v) is 7.02. The van der Waals surface area contributed by atoms with Gasteiger partial charge in [-0.2, -0.15) is 5.10 Å². The molecule has 2 aromatic heterocycles. The van der Waals surface area contributed by atoms with Gasteiger partial charge in [0, 0.05) is 24.6 Å². The predicted molar refractivity (Wildman–Crippen MR) is 127 cm³/mol. The summed E-state index contributed by atoms with van der Waals surface area (Å²) in [5.74, 6) is 0.0894. The Bertz CT molecular complexity index is 1330. The molecule has 0 unspecified atom stereocenters. The molecule has 5 rings (SSSR count). The molecule has 0 bridgehead atoms. The summed E-state index contributed by atoms with van der Waals surface area (Å²) in [6, 6.07) is 7.09. The van der Waals surface area contributed by atoms with E-state index in [9.17, 15) is 19.5 Å². The molecule has 2 fully saturated rings. The maximum atomic E-state index is 13.1. The number of nitrogens with zero attached hydrogens (tertiary/aromatic N) is 4. The molecule has 2 aliphatic rings. The fourth-order valence-electron chi connectivity index (χ4n) is 4.50. The smallest absolute Gasteiger partial charge is 0.277 e. The number of hydrogen-bond acceptors (Lipinski definition) is 5. The molecule has 1 aliphatic carbocycles. The number of fused-ring (bicyclic) bond motifs is 1. The van der Waals surface area contributed by atoms with Crippen molar-refractivity contribution in [3.8, 4) is 0 Å². The van der Waals surface area contributed by atoms with Crippen LogP contribution in [0.15, 0.2) is 41.6 Å². The van der Waals surface area contributed by atoms with Gasteiger partial charge < -0.3 is 15.3 Å². The topological polar surface area (TPSA) is 109 Å². The number of piperidine rings is 1. The number of carbonyl (C=O) groups is 2. The summed E-state index contributed by atoms with van der Waals surface area (Å²) in [6.45, 7) is 5.04. The minimum Gasteiger partial charge on any atom is -0.388 e. The number of hydrogen-bond donors (Lipinski definition) is 2. The second-order valence-corrected chi connectivity index (χ2v) is 9.70. The lowest BCUT2D eigenvalue weighted by molar-refractivity contribution is -0.137. The number of likely N-dealkylation sites (tertiary alicyclic amines) is 1. The Hall–Kier alpha value is -3.46. The Labute approximate surface area is 197 Å². The summed E-state index contributed by atoms with van der Waals surface area (Å²) in [6.07, 6.45) is 5.76. The molecule has 9 nitrogen and oxygen atoms in total. The standard InChI is InChI=1S/C25H29N5O4/c1-16-3-4-19(11-17(16)2)22(31)27-20-12-21-24(33)29(15-26-30(21)13-20)14-25(34)7-9-28(10-8-25)23(32)18-5-6-18/h3-4,11-13,15,18,34H,5-10,14H2,1-2H3,(H,27,31). The van der Waals surface area contributed by atoms with E-state index in [4.69, 9.17) is 0 Å². The van der Waals surface area contributed by atoms with Crippen molar-refractivity contribution >= 4 is 23.0 Å². The van der Waals surface area contributed by atoms with Crippen molar-refractivity contribution in [1.82, 2.24) is 19.1 Å². The predicted octanol–water partition coefficient (Wildman–Crippen LogP) is 2.13. The Morgan fingerprint density at radius 3 is 2.56 bits per heavy atom. The first-order chi connectivity index (χ1) is 16.2. The molecule has 1 aliphatic heterocycles. The van der Waals surface area contributed by atoms with E-state index in [1.165, 1.54) is 15.4 Å². The number of carbonyl (C=O) groups excluding carboxylic acids is 2. The fourth-order valence-corrected chi connectivity index (χ4v) is 4.50. The zero-order valence-electron chi connectivity index (χ0n) is 19.5. The minimum absolute atomic E-state index is 0.107. The second kappa shape index (κ2) is 8.39. The zero-order valence-corrected chi connectivity index (χ0v) is 19.5. The fraction of sp³-hybridized carbons (Fsp3) is 0.440. The summed E-state index contributed by atoms with van der Waals surface area (Å²) >= 11 is 0. The number of benzene rings is 1. The molecule has 3 aromatic rings. The number of aryl methyl sites for hydroxylation is 2. The van der Waals surface area contributed by atoms with Crippen molar-refractivity contribution in [1.29, 1.82) is 0 Å². The molecule has 2 N–H and O–H groups in total. The lowest BCUT2D eigenvalue weighted by Crippen LogP contribution is -2.50. The van der Waals surface area contributed by atoms with Crippen molar-refractivity contribution in [3.63, 3.8) is 0 Å². The summed E-state index contributed by atoms with van der Waals surface area (Å²) in [4.78, 5) is 39.8. The number of aromatic nitrogens is 3. The van der Waals surface area contributed by atoms with Gasteiger partial charge in [0.2, 0.25) is 5.91 Å². The van der Waals surface area contributed by atoms with E-state index in [2.05, 4.69) is 10.4 Å². The number of rotatable bonds is 5. The van der Waals surface area contributed by atoms with E-state index >= 15 is 0 Å². The van der Waals surface area contributed by atoms with E-state index in [0.29, 0.717) is 42.7 Å². The quantitative estimate of drug-likeness (QED) is 0.603. The van der Waals surface area contributed by atoms with Crippen LogP contribution in [0.4, 0.5) is 5.69 Å². The van der Waals surface area contributed by atoms with Crippen LogP contribution in [-0.4, -0.2) is 54.7 Å². The van der Waals surface area contributed by atoms with Crippen molar-refractivity contribution in [3.05, 3.63) is 63.8 Å². The molecule has 9 heteroatoms. The normalized spacial score (nSPS) is 17.7. The van der Waals surface area contributed by atoms with E-state index in [1.54, 1.807) is 18.3 Å². The van der Waals surface area contributed by atoms with Gasteiger partial charge >= 0.3 is 0 Å². The summed E-state index contributed by atoms with van der Waals surface area (Å²) in [5, 5.41) is 18.2. The zero-order chi connectivity index (χ0) is 24.0. The molecule has 0 spiro atoms. The number of amides is 2. The van der Waals surface area contributed by atoms with Gasteiger partial charge in [0.15, 0.2) is 0 Å². The molecule has 0 atom stereocenters. The van der Waals surface area contributed by atoms with E-state index < -0.39 is 5.60 Å². The molecular weight excluding hydrogens is 434 g/mol. The first-order valence-electron chi connectivity index (χ1n) is 11.7.